The van der Waals surface area contributed by atoms with Gasteiger partial charge in [-0.3, -0.25) is 9.36 Å². The third-order valence-electron chi connectivity index (χ3n) is 1.77. The highest BCUT2D eigenvalue weighted by molar-refractivity contribution is 7.99. The molecule has 0 unspecified atom stereocenters. The zero-order chi connectivity index (χ0) is 10.7. The summed E-state index contributed by atoms with van der Waals surface area (Å²) in [6.45, 7) is 3.57. The SMILES string of the molecule is C=CCSc1cn(C)c(=O)n(C)c1=O. The summed E-state index contributed by atoms with van der Waals surface area (Å²) in [6, 6.07) is 0. The molecule has 0 aliphatic carbocycles. The summed E-state index contributed by atoms with van der Waals surface area (Å²) in [6.07, 6.45) is 3.27. The van der Waals surface area contributed by atoms with Crippen molar-refractivity contribution in [3.63, 3.8) is 0 Å². The Morgan fingerprint density at radius 1 is 1.50 bits per heavy atom. The molecule has 5 heteroatoms. The first-order valence-electron chi connectivity index (χ1n) is 4.08. The quantitative estimate of drug-likeness (QED) is 0.537. The van der Waals surface area contributed by atoms with Crippen LogP contribution in [0.4, 0.5) is 0 Å². The van der Waals surface area contributed by atoms with Crippen LogP contribution in [0.5, 0.6) is 0 Å². The maximum Gasteiger partial charge on any atom is 0.330 e. The maximum absolute atomic E-state index is 11.5. The summed E-state index contributed by atoms with van der Waals surface area (Å²) in [5, 5.41) is 0. The molecule has 14 heavy (non-hydrogen) atoms. The predicted molar refractivity (Wildman–Crippen MR) is 57.8 cm³/mol. The van der Waals surface area contributed by atoms with Gasteiger partial charge in [-0.2, -0.15) is 0 Å². The van der Waals surface area contributed by atoms with Crippen LogP contribution in [0.2, 0.25) is 0 Å². The molecule has 4 nitrogen and oxygen atoms in total. The van der Waals surface area contributed by atoms with Crippen molar-refractivity contribution in [2.75, 3.05) is 5.75 Å². The van der Waals surface area contributed by atoms with Crippen LogP contribution in [-0.4, -0.2) is 14.9 Å². The largest absolute Gasteiger partial charge is 0.330 e. The molecule has 0 fully saturated rings. The minimum Gasteiger partial charge on any atom is -0.302 e. The third-order valence-corrected chi connectivity index (χ3v) is 2.77. The topological polar surface area (TPSA) is 44.0 Å². The summed E-state index contributed by atoms with van der Waals surface area (Å²) in [5.74, 6) is 0.660. The molecule has 1 aromatic heterocycles. The van der Waals surface area contributed by atoms with Gasteiger partial charge in [0.05, 0.1) is 4.90 Å². The first kappa shape index (κ1) is 10.8. The predicted octanol–water partition coefficient (Wildman–Crippen LogP) is 0.362. The molecule has 1 heterocycles. The van der Waals surface area contributed by atoms with Gasteiger partial charge in [0.1, 0.15) is 0 Å². The van der Waals surface area contributed by atoms with Gasteiger partial charge in [0, 0.05) is 26.0 Å². The number of nitrogens with zero attached hydrogens (tertiary/aromatic N) is 2. The molecule has 0 saturated heterocycles. The molecule has 0 bridgehead atoms. The molecule has 0 saturated carbocycles. The third kappa shape index (κ3) is 1.98. The van der Waals surface area contributed by atoms with Crippen molar-refractivity contribution in [3.8, 4) is 0 Å². The standard InChI is InChI=1S/C9H12N2O2S/c1-4-5-14-7-6-10(2)9(13)11(3)8(7)12/h4,6H,1,5H2,2-3H3. The van der Waals surface area contributed by atoms with Gasteiger partial charge < -0.3 is 4.57 Å². The second-order valence-corrected chi connectivity index (χ2v) is 3.91. The zero-order valence-electron chi connectivity index (χ0n) is 8.19. The average Bonchev–Trinajstić information content (AvgIpc) is 2.18. The number of thioether (sulfide) groups is 1. The molecule has 0 spiro atoms. The van der Waals surface area contributed by atoms with Crippen LogP contribution in [0.3, 0.4) is 0 Å². The number of aryl methyl sites for hydroxylation is 1. The molecule has 0 aliphatic heterocycles. The highest BCUT2D eigenvalue weighted by Crippen LogP contribution is 2.10. The Labute approximate surface area is 85.9 Å². The van der Waals surface area contributed by atoms with Crippen molar-refractivity contribution < 1.29 is 0 Å². The van der Waals surface area contributed by atoms with E-state index in [1.165, 1.54) is 23.4 Å². The van der Waals surface area contributed by atoms with E-state index in [1.54, 1.807) is 19.3 Å². The maximum atomic E-state index is 11.5. The van der Waals surface area contributed by atoms with Gasteiger partial charge in [-0.25, -0.2) is 4.79 Å². The van der Waals surface area contributed by atoms with E-state index in [1.807, 2.05) is 0 Å². The van der Waals surface area contributed by atoms with Gasteiger partial charge in [-0.15, -0.1) is 18.3 Å². The molecular weight excluding hydrogens is 200 g/mol. The van der Waals surface area contributed by atoms with Crippen molar-refractivity contribution in [1.29, 1.82) is 0 Å². The van der Waals surface area contributed by atoms with Crippen molar-refractivity contribution in [2.45, 2.75) is 4.90 Å². The highest BCUT2D eigenvalue weighted by atomic mass is 32.2. The smallest absolute Gasteiger partial charge is 0.302 e. The Hall–Kier alpha value is -1.23. The fourth-order valence-corrected chi connectivity index (χ4v) is 1.81. The Morgan fingerprint density at radius 2 is 2.14 bits per heavy atom. The van der Waals surface area contributed by atoms with Crippen LogP contribution in [0, 0.1) is 0 Å². The summed E-state index contributed by atoms with van der Waals surface area (Å²) < 4.78 is 2.50. The van der Waals surface area contributed by atoms with Crippen molar-refractivity contribution in [1.82, 2.24) is 9.13 Å². The van der Waals surface area contributed by atoms with Crippen molar-refractivity contribution >= 4 is 11.8 Å². The Bertz CT molecular complexity index is 459. The minimum atomic E-state index is -0.307. The molecule has 0 aromatic carbocycles. The molecule has 76 valence electrons. The van der Waals surface area contributed by atoms with Crippen LogP contribution < -0.4 is 11.2 Å². The van der Waals surface area contributed by atoms with Gasteiger partial charge in [-0.1, -0.05) is 6.08 Å². The molecule has 0 radical (unpaired) electrons. The molecule has 1 rings (SSSR count). The molecule has 0 amide bonds. The van der Waals surface area contributed by atoms with E-state index in [9.17, 15) is 9.59 Å². The lowest BCUT2D eigenvalue weighted by molar-refractivity contribution is 0.662. The van der Waals surface area contributed by atoms with Gasteiger partial charge in [0.2, 0.25) is 0 Å². The Kier molecular flexibility index (Phi) is 3.35. The number of hydrogen-bond donors (Lipinski definition) is 0. The monoisotopic (exact) mass is 212 g/mol. The summed E-state index contributed by atoms with van der Waals surface area (Å²) >= 11 is 1.37. The number of aromatic nitrogens is 2. The lowest BCUT2D eigenvalue weighted by Crippen LogP contribution is -2.37. The van der Waals surface area contributed by atoms with E-state index in [0.29, 0.717) is 10.6 Å². The van der Waals surface area contributed by atoms with E-state index < -0.39 is 0 Å². The van der Waals surface area contributed by atoms with E-state index >= 15 is 0 Å². The molecule has 0 N–H and O–H groups in total. The van der Waals surface area contributed by atoms with Crippen molar-refractivity contribution in [2.24, 2.45) is 14.1 Å². The fourth-order valence-electron chi connectivity index (χ4n) is 1.02. The summed E-state index contributed by atoms with van der Waals surface area (Å²) in [7, 11) is 3.10. The van der Waals surface area contributed by atoms with E-state index in [0.717, 1.165) is 4.57 Å². The fraction of sp³-hybridized carbons (Fsp3) is 0.333. The zero-order valence-corrected chi connectivity index (χ0v) is 9.00. The van der Waals surface area contributed by atoms with Crippen molar-refractivity contribution in [3.05, 3.63) is 39.7 Å². The first-order chi connectivity index (χ1) is 6.57. The van der Waals surface area contributed by atoms with Crippen LogP contribution in [0.25, 0.3) is 0 Å². The second-order valence-electron chi connectivity index (χ2n) is 2.85. The van der Waals surface area contributed by atoms with E-state index in [2.05, 4.69) is 6.58 Å². The lowest BCUT2D eigenvalue weighted by atomic mass is 10.6. The number of rotatable bonds is 3. The van der Waals surface area contributed by atoms with Gasteiger partial charge in [-0.05, 0) is 0 Å². The highest BCUT2D eigenvalue weighted by Gasteiger charge is 2.05. The Morgan fingerprint density at radius 3 is 2.71 bits per heavy atom. The molecule has 1 aromatic rings. The molecule has 0 aliphatic rings. The van der Waals surface area contributed by atoms with Gasteiger partial charge in [0.15, 0.2) is 0 Å². The lowest BCUT2D eigenvalue weighted by Gasteiger charge is -2.04. The van der Waals surface area contributed by atoms with Crippen LogP contribution >= 0.6 is 11.8 Å². The van der Waals surface area contributed by atoms with E-state index in [4.69, 9.17) is 0 Å². The van der Waals surface area contributed by atoms with Gasteiger partial charge >= 0.3 is 5.69 Å². The van der Waals surface area contributed by atoms with E-state index in [-0.39, 0.29) is 11.2 Å². The summed E-state index contributed by atoms with van der Waals surface area (Å²) in [5.41, 5.74) is -0.557. The number of hydrogen-bond acceptors (Lipinski definition) is 3. The first-order valence-corrected chi connectivity index (χ1v) is 5.07. The Balaban J connectivity index is 3.26. The van der Waals surface area contributed by atoms with Crippen LogP contribution in [-0.2, 0) is 14.1 Å². The second kappa shape index (κ2) is 4.32. The van der Waals surface area contributed by atoms with Crippen LogP contribution in [0.1, 0.15) is 0 Å². The normalized spacial score (nSPS) is 10.1. The minimum absolute atomic E-state index is 0.250. The van der Waals surface area contributed by atoms with Gasteiger partial charge in [0.25, 0.3) is 5.56 Å². The molecular formula is C9H12N2O2S. The molecule has 0 atom stereocenters. The average molecular weight is 212 g/mol. The summed E-state index contributed by atoms with van der Waals surface area (Å²) in [4.78, 5) is 23.4. The van der Waals surface area contributed by atoms with Crippen LogP contribution in [0.15, 0.2) is 33.3 Å².